The maximum Gasteiger partial charge on any atom is 0.286 e. The van der Waals surface area contributed by atoms with Crippen molar-refractivity contribution < 1.29 is 14.2 Å². The van der Waals surface area contributed by atoms with E-state index in [9.17, 15) is 9.59 Å². The number of carbonyl (C=O) groups is 2. The van der Waals surface area contributed by atoms with Gasteiger partial charge in [0.15, 0.2) is 5.71 Å². The van der Waals surface area contributed by atoms with Crippen LogP contribution >= 0.6 is 43.5 Å². The fourth-order valence-electron chi connectivity index (χ4n) is 8.96. The molecule has 2 amide bonds. The molecule has 0 bridgehead atoms. The van der Waals surface area contributed by atoms with E-state index in [0.717, 1.165) is 90.8 Å². The summed E-state index contributed by atoms with van der Waals surface area (Å²) in [5, 5.41) is 11.6. The van der Waals surface area contributed by atoms with Gasteiger partial charge in [0, 0.05) is 61.6 Å². The first-order chi connectivity index (χ1) is 27.3. The van der Waals surface area contributed by atoms with E-state index in [0.29, 0.717) is 13.1 Å². The van der Waals surface area contributed by atoms with Crippen molar-refractivity contribution in [3.63, 3.8) is 0 Å². The number of nitrogens with one attached hydrogen (secondary N) is 2. The summed E-state index contributed by atoms with van der Waals surface area (Å²) < 4.78 is 4.26. The Hall–Kier alpha value is -3.98. The van der Waals surface area contributed by atoms with Gasteiger partial charge in [-0.25, -0.2) is 0 Å². The van der Waals surface area contributed by atoms with E-state index in [-0.39, 0.29) is 35.7 Å². The first-order valence-electron chi connectivity index (χ1n) is 20.2. The summed E-state index contributed by atoms with van der Waals surface area (Å²) in [6, 6.07) is 21.5. The molecular weight excluding hydrogens is 860 g/mol. The van der Waals surface area contributed by atoms with Crippen molar-refractivity contribution in [2.24, 2.45) is 0 Å². The highest BCUT2D eigenvalue weighted by molar-refractivity contribution is 9.10. The number of benzene rings is 4. The van der Waals surface area contributed by atoms with Crippen molar-refractivity contribution in [1.29, 1.82) is 0 Å². The van der Waals surface area contributed by atoms with Gasteiger partial charge in [-0.15, -0.1) is 0 Å². The molecule has 2 aliphatic heterocycles. The van der Waals surface area contributed by atoms with Crippen LogP contribution in [0.4, 0.5) is 11.4 Å². The first kappa shape index (κ1) is 41.2. The lowest BCUT2D eigenvalue weighted by atomic mass is 9.78. The first-order valence-corrected chi connectivity index (χ1v) is 22.1. The average molecular weight is 912 g/mol. The topological polar surface area (TPSA) is 64.5 Å². The standard InChI is InChI=1S/C48H51Br2ClN4O2/c1-7-24-52-42(56)28-54-38-20-12-32-26-34(49)16-18-36(32)44(38)47(3,4)40(54)22-14-30-10-9-11-31(46(30)51)15-23-41-48(5,6)45-37-19-17-35(50)27-33(37)13-21-39(45)55(41)29-43(57)53-25-8-2/h12-23,26-27H,7-11,24-25,28-29H2,1-6H3,(H-,52,53,56,57)/p+1. The molecule has 0 atom stereocenters. The molecule has 2 heterocycles. The largest absolute Gasteiger partial charge is 0.355 e. The molecule has 0 fully saturated rings. The highest BCUT2D eigenvalue weighted by Crippen LogP contribution is 2.51. The van der Waals surface area contributed by atoms with E-state index in [2.05, 4.69) is 178 Å². The van der Waals surface area contributed by atoms with Crippen molar-refractivity contribution in [3.05, 3.63) is 127 Å². The second kappa shape index (κ2) is 16.7. The third-order valence-electron chi connectivity index (χ3n) is 11.7. The normalized spacial score (nSPS) is 18.7. The van der Waals surface area contributed by atoms with Crippen LogP contribution in [0.3, 0.4) is 0 Å². The van der Waals surface area contributed by atoms with Crippen LogP contribution in [0.15, 0.2) is 116 Å². The van der Waals surface area contributed by atoms with Crippen LogP contribution in [0.5, 0.6) is 0 Å². The van der Waals surface area contributed by atoms with Crippen LogP contribution in [-0.4, -0.2) is 48.3 Å². The molecule has 3 aliphatic rings. The molecular formula is C48H52Br2ClN4O2+. The quantitative estimate of drug-likeness (QED) is 0.147. The Kier molecular flexibility index (Phi) is 12.1. The molecule has 296 valence electrons. The Labute approximate surface area is 359 Å². The monoisotopic (exact) mass is 909 g/mol. The van der Waals surface area contributed by atoms with Crippen molar-refractivity contribution in [2.75, 3.05) is 31.1 Å². The molecule has 9 heteroatoms. The number of anilines is 1. The van der Waals surface area contributed by atoms with E-state index in [1.165, 1.54) is 21.9 Å². The lowest BCUT2D eigenvalue weighted by Gasteiger charge is -2.27. The summed E-state index contributed by atoms with van der Waals surface area (Å²) in [6.45, 7) is 14.9. The Balaban J connectivity index is 1.27. The van der Waals surface area contributed by atoms with Gasteiger partial charge >= 0.3 is 0 Å². The minimum atomic E-state index is -0.370. The second-order valence-corrected chi connectivity index (χ2v) is 18.6. The van der Waals surface area contributed by atoms with Gasteiger partial charge in [-0.3, -0.25) is 9.59 Å². The molecule has 0 aromatic heterocycles. The molecule has 4 aromatic carbocycles. The predicted molar refractivity (Wildman–Crippen MR) is 245 cm³/mol. The molecule has 2 N–H and O–H groups in total. The van der Waals surface area contributed by atoms with Crippen molar-refractivity contribution in [3.8, 4) is 0 Å². The summed E-state index contributed by atoms with van der Waals surface area (Å²) >= 11 is 14.6. The Morgan fingerprint density at radius 3 is 2.09 bits per heavy atom. The highest BCUT2D eigenvalue weighted by Gasteiger charge is 2.46. The van der Waals surface area contributed by atoms with Crippen LogP contribution < -0.4 is 15.5 Å². The van der Waals surface area contributed by atoms with Gasteiger partial charge < -0.3 is 15.5 Å². The molecule has 0 spiro atoms. The maximum absolute atomic E-state index is 13.3. The molecule has 6 nitrogen and oxygen atoms in total. The SMILES string of the molecule is CCCNC(=O)CN1/C(=C/C=C2\CCCC(/C=C/C3=[N+](CC(=O)NCCC)c4ccc5cc(Br)ccc5c4C3(C)C)=C2Cl)C(C)(C)c2c1ccc1cc(Br)ccc21. The van der Waals surface area contributed by atoms with E-state index >= 15 is 0 Å². The molecule has 0 unspecified atom stereocenters. The molecule has 0 saturated carbocycles. The lowest BCUT2D eigenvalue weighted by Crippen LogP contribution is -2.37. The Bertz CT molecular complexity index is 2460. The average Bonchev–Trinajstić information content (AvgIpc) is 3.52. The number of amides is 2. The molecule has 0 saturated heterocycles. The van der Waals surface area contributed by atoms with Crippen LogP contribution in [0.2, 0.25) is 0 Å². The van der Waals surface area contributed by atoms with E-state index in [1.54, 1.807) is 0 Å². The van der Waals surface area contributed by atoms with Gasteiger partial charge in [-0.05, 0) is 127 Å². The lowest BCUT2D eigenvalue weighted by molar-refractivity contribution is -0.425. The third-order valence-corrected chi connectivity index (χ3v) is 13.2. The molecule has 0 radical (unpaired) electrons. The Morgan fingerprint density at radius 2 is 1.42 bits per heavy atom. The van der Waals surface area contributed by atoms with Gasteiger partial charge in [-0.1, -0.05) is 102 Å². The number of carbonyl (C=O) groups excluding carboxylic acids is 2. The number of allylic oxidation sites excluding steroid dienone is 8. The highest BCUT2D eigenvalue weighted by atomic mass is 79.9. The minimum Gasteiger partial charge on any atom is -0.355 e. The smallest absolute Gasteiger partial charge is 0.286 e. The maximum atomic E-state index is 13.3. The summed E-state index contributed by atoms with van der Waals surface area (Å²) in [5.41, 5.74) is 8.12. The third kappa shape index (κ3) is 7.94. The van der Waals surface area contributed by atoms with Gasteiger partial charge in [-0.2, -0.15) is 4.58 Å². The summed E-state index contributed by atoms with van der Waals surface area (Å²) in [5.74, 6) is 0.00966. The summed E-state index contributed by atoms with van der Waals surface area (Å²) in [7, 11) is 0. The van der Waals surface area contributed by atoms with Crippen molar-refractivity contribution >= 4 is 93.9 Å². The van der Waals surface area contributed by atoms with Crippen molar-refractivity contribution in [1.82, 2.24) is 10.6 Å². The number of hydrogen-bond acceptors (Lipinski definition) is 3. The van der Waals surface area contributed by atoms with Crippen LogP contribution in [0.1, 0.15) is 84.8 Å². The molecule has 4 aromatic rings. The fraction of sp³-hybridized carbons (Fsp3) is 0.354. The van der Waals surface area contributed by atoms with Gasteiger partial charge in [0.1, 0.15) is 6.54 Å². The summed E-state index contributed by atoms with van der Waals surface area (Å²) in [6.07, 6.45) is 13.2. The zero-order chi connectivity index (χ0) is 40.6. The molecule has 1 aliphatic carbocycles. The predicted octanol–water partition coefficient (Wildman–Crippen LogP) is 11.8. The molecule has 7 rings (SSSR count). The number of halogens is 3. The van der Waals surface area contributed by atoms with E-state index in [1.807, 2.05) is 0 Å². The number of fused-ring (bicyclic) bond motifs is 6. The number of hydrogen-bond donors (Lipinski definition) is 2. The second-order valence-electron chi connectivity index (χ2n) is 16.4. The van der Waals surface area contributed by atoms with E-state index in [4.69, 9.17) is 11.6 Å². The number of nitrogens with zero attached hydrogens (tertiary/aromatic N) is 2. The summed E-state index contributed by atoms with van der Waals surface area (Å²) in [4.78, 5) is 28.7. The zero-order valence-corrected chi connectivity index (χ0v) is 37.7. The fourth-order valence-corrected chi connectivity index (χ4v) is 10.0. The number of rotatable bonds is 11. The van der Waals surface area contributed by atoms with Crippen LogP contribution in [0.25, 0.3) is 21.5 Å². The van der Waals surface area contributed by atoms with E-state index < -0.39 is 0 Å². The zero-order valence-electron chi connectivity index (χ0n) is 33.8. The Morgan fingerprint density at radius 1 is 0.789 bits per heavy atom. The van der Waals surface area contributed by atoms with Crippen LogP contribution in [0, 0.1) is 0 Å². The van der Waals surface area contributed by atoms with Gasteiger partial charge in [0.2, 0.25) is 18.1 Å². The molecule has 57 heavy (non-hydrogen) atoms. The van der Waals surface area contributed by atoms with Crippen LogP contribution in [-0.2, 0) is 20.4 Å². The van der Waals surface area contributed by atoms with Gasteiger partial charge in [0.05, 0.1) is 5.41 Å². The minimum absolute atomic E-state index is 0.00483. The van der Waals surface area contributed by atoms with Crippen molar-refractivity contribution in [2.45, 2.75) is 84.5 Å². The van der Waals surface area contributed by atoms with Gasteiger partial charge in [0.25, 0.3) is 5.91 Å².